The molecular weight excluding hydrogens is 253 g/mol. The van der Waals surface area contributed by atoms with Gasteiger partial charge in [-0.1, -0.05) is 18.2 Å². The van der Waals surface area contributed by atoms with Gasteiger partial charge >= 0.3 is 0 Å². The van der Waals surface area contributed by atoms with E-state index in [1.54, 1.807) is 12.1 Å². The van der Waals surface area contributed by atoms with Crippen molar-refractivity contribution in [2.75, 3.05) is 0 Å². The fourth-order valence-electron chi connectivity index (χ4n) is 2.21. The normalized spacial score (nSPS) is 14.4. The van der Waals surface area contributed by atoms with Crippen molar-refractivity contribution in [1.29, 1.82) is 0 Å². The Morgan fingerprint density at radius 2 is 2.05 bits per heavy atom. The van der Waals surface area contributed by atoms with Gasteiger partial charge in [0.25, 0.3) is 0 Å². The summed E-state index contributed by atoms with van der Waals surface area (Å²) in [6.07, 6.45) is 6.03. The van der Waals surface area contributed by atoms with Gasteiger partial charge in [0.1, 0.15) is 11.6 Å². The first kappa shape index (κ1) is 13.0. The van der Waals surface area contributed by atoms with Gasteiger partial charge in [-0.2, -0.15) is 5.10 Å². The molecule has 4 heteroatoms. The van der Waals surface area contributed by atoms with Gasteiger partial charge in [-0.3, -0.25) is 0 Å². The van der Waals surface area contributed by atoms with E-state index < -0.39 is 0 Å². The van der Waals surface area contributed by atoms with E-state index in [9.17, 15) is 4.39 Å². The molecule has 0 aliphatic heterocycles. The van der Waals surface area contributed by atoms with Gasteiger partial charge in [-0.05, 0) is 37.0 Å². The zero-order valence-electron chi connectivity index (χ0n) is 11.4. The Morgan fingerprint density at radius 1 is 1.30 bits per heavy atom. The molecule has 0 amide bonds. The molecule has 1 aromatic carbocycles. The van der Waals surface area contributed by atoms with Gasteiger partial charge in [0.05, 0.1) is 6.54 Å². The molecule has 0 N–H and O–H groups in total. The van der Waals surface area contributed by atoms with Gasteiger partial charge in [0.15, 0.2) is 5.82 Å². The third kappa shape index (κ3) is 2.95. The summed E-state index contributed by atoms with van der Waals surface area (Å²) in [5.41, 5.74) is 1.04. The van der Waals surface area contributed by atoms with E-state index in [4.69, 9.17) is 0 Å². The van der Waals surface area contributed by atoms with Crippen LogP contribution in [0.3, 0.4) is 0 Å². The number of allylic oxidation sites excluding steroid dienone is 1. The van der Waals surface area contributed by atoms with Crippen molar-refractivity contribution in [2.45, 2.75) is 38.1 Å². The van der Waals surface area contributed by atoms with Crippen molar-refractivity contribution in [3.63, 3.8) is 0 Å². The zero-order valence-corrected chi connectivity index (χ0v) is 11.4. The molecule has 0 unspecified atom stereocenters. The SMILES string of the molecule is C=CCCc1nc(C2CC2)nn1Cc1ccc(F)cc1. The van der Waals surface area contributed by atoms with E-state index in [0.717, 1.165) is 30.1 Å². The third-order valence-corrected chi connectivity index (χ3v) is 3.52. The average molecular weight is 271 g/mol. The highest BCUT2D eigenvalue weighted by atomic mass is 19.1. The molecular formula is C16H18FN3. The summed E-state index contributed by atoms with van der Waals surface area (Å²) in [6.45, 7) is 4.40. The molecule has 1 aliphatic rings. The van der Waals surface area contributed by atoms with Crippen LogP contribution >= 0.6 is 0 Å². The van der Waals surface area contributed by atoms with E-state index in [1.165, 1.54) is 25.0 Å². The van der Waals surface area contributed by atoms with Gasteiger partial charge in [-0.25, -0.2) is 14.1 Å². The Hall–Kier alpha value is -1.97. The van der Waals surface area contributed by atoms with E-state index in [-0.39, 0.29) is 5.82 Å². The Balaban J connectivity index is 1.82. The number of aromatic nitrogens is 3. The minimum Gasteiger partial charge on any atom is -0.245 e. The second kappa shape index (κ2) is 5.57. The molecule has 20 heavy (non-hydrogen) atoms. The first-order chi connectivity index (χ1) is 9.76. The van der Waals surface area contributed by atoms with Crippen LogP contribution in [0.1, 0.15) is 42.4 Å². The number of rotatable bonds is 6. The van der Waals surface area contributed by atoms with E-state index in [1.807, 2.05) is 10.8 Å². The summed E-state index contributed by atoms with van der Waals surface area (Å²) in [6, 6.07) is 6.56. The number of hydrogen-bond donors (Lipinski definition) is 0. The fourth-order valence-corrected chi connectivity index (χ4v) is 2.21. The molecule has 1 saturated carbocycles. The molecule has 0 bridgehead atoms. The van der Waals surface area contributed by atoms with Gasteiger partial charge in [0.2, 0.25) is 0 Å². The van der Waals surface area contributed by atoms with Gasteiger partial charge in [-0.15, -0.1) is 6.58 Å². The lowest BCUT2D eigenvalue weighted by molar-refractivity contribution is 0.616. The lowest BCUT2D eigenvalue weighted by Crippen LogP contribution is -2.07. The van der Waals surface area contributed by atoms with Crippen LogP contribution in [0.15, 0.2) is 36.9 Å². The number of benzene rings is 1. The summed E-state index contributed by atoms with van der Waals surface area (Å²) in [4.78, 5) is 4.65. The molecule has 0 atom stereocenters. The van der Waals surface area contributed by atoms with Crippen LogP contribution in [0.25, 0.3) is 0 Å². The number of halogens is 1. The van der Waals surface area contributed by atoms with Crippen molar-refractivity contribution in [2.24, 2.45) is 0 Å². The molecule has 2 aromatic rings. The maximum Gasteiger partial charge on any atom is 0.154 e. The Labute approximate surface area is 118 Å². The third-order valence-electron chi connectivity index (χ3n) is 3.52. The topological polar surface area (TPSA) is 30.7 Å². The standard InChI is InChI=1S/C16H18FN3/c1-2-3-4-15-18-16(13-7-8-13)19-20(15)11-12-5-9-14(17)10-6-12/h2,5-6,9-10,13H,1,3-4,7-8,11H2. The molecule has 0 spiro atoms. The van der Waals surface area contributed by atoms with Crippen LogP contribution in [0, 0.1) is 5.82 Å². The smallest absolute Gasteiger partial charge is 0.154 e. The Bertz CT molecular complexity index is 597. The molecule has 3 rings (SSSR count). The van der Waals surface area contributed by atoms with Crippen molar-refractivity contribution in [1.82, 2.24) is 14.8 Å². The first-order valence-corrected chi connectivity index (χ1v) is 7.05. The number of aryl methyl sites for hydroxylation is 1. The molecule has 104 valence electrons. The summed E-state index contributed by atoms with van der Waals surface area (Å²) in [7, 11) is 0. The second-order valence-electron chi connectivity index (χ2n) is 5.27. The molecule has 0 radical (unpaired) electrons. The minimum absolute atomic E-state index is 0.210. The predicted molar refractivity (Wildman–Crippen MR) is 76.0 cm³/mol. The number of nitrogens with zero attached hydrogens (tertiary/aromatic N) is 3. The van der Waals surface area contributed by atoms with E-state index >= 15 is 0 Å². The highest BCUT2D eigenvalue weighted by molar-refractivity contribution is 5.17. The van der Waals surface area contributed by atoms with Crippen LogP contribution in [0.4, 0.5) is 4.39 Å². The predicted octanol–water partition coefficient (Wildman–Crippen LogP) is 3.46. The van der Waals surface area contributed by atoms with Crippen LogP contribution in [-0.4, -0.2) is 14.8 Å². The second-order valence-corrected chi connectivity index (χ2v) is 5.27. The zero-order chi connectivity index (χ0) is 13.9. The monoisotopic (exact) mass is 271 g/mol. The Morgan fingerprint density at radius 3 is 2.70 bits per heavy atom. The van der Waals surface area contributed by atoms with Crippen LogP contribution in [0.2, 0.25) is 0 Å². The minimum atomic E-state index is -0.210. The quantitative estimate of drug-likeness (QED) is 0.753. The van der Waals surface area contributed by atoms with E-state index in [2.05, 4.69) is 16.7 Å². The molecule has 1 heterocycles. The maximum atomic E-state index is 12.9. The molecule has 1 fully saturated rings. The lowest BCUT2D eigenvalue weighted by Gasteiger charge is -2.05. The highest BCUT2D eigenvalue weighted by Gasteiger charge is 2.28. The maximum absolute atomic E-state index is 12.9. The largest absolute Gasteiger partial charge is 0.245 e. The van der Waals surface area contributed by atoms with Crippen molar-refractivity contribution < 1.29 is 4.39 Å². The molecule has 1 aliphatic carbocycles. The summed E-state index contributed by atoms with van der Waals surface area (Å²) >= 11 is 0. The molecule has 0 saturated heterocycles. The van der Waals surface area contributed by atoms with Crippen molar-refractivity contribution >= 4 is 0 Å². The summed E-state index contributed by atoms with van der Waals surface area (Å²) < 4.78 is 14.9. The van der Waals surface area contributed by atoms with Crippen LogP contribution < -0.4 is 0 Å². The van der Waals surface area contributed by atoms with Crippen molar-refractivity contribution in [3.05, 3.63) is 59.9 Å². The highest BCUT2D eigenvalue weighted by Crippen LogP contribution is 2.38. The molecule has 1 aromatic heterocycles. The Kier molecular flexibility index (Phi) is 3.63. The van der Waals surface area contributed by atoms with Gasteiger partial charge in [0, 0.05) is 12.3 Å². The van der Waals surface area contributed by atoms with Gasteiger partial charge < -0.3 is 0 Å². The fraction of sp³-hybridized carbons (Fsp3) is 0.375. The lowest BCUT2D eigenvalue weighted by atomic mass is 10.2. The van der Waals surface area contributed by atoms with Crippen LogP contribution in [-0.2, 0) is 13.0 Å². The summed E-state index contributed by atoms with van der Waals surface area (Å²) in [5.74, 6) is 2.30. The van der Waals surface area contributed by atoms with Crippen molar-refractivity contribution in [3.8, 4) is 0 Å². The number of hydrogen-bond acceptors (Lipinski definition) is 2. The van der Waals surface area contributed by atoms with Crippen LogP contribution in [0.5, 0.6) is 0 Å². The molecule has 3 nitrogen and oxygen atoms in total. The summed E-state index contributed by atoms with van der Waals surface area (Å²) in [5, 5.41) is 4.62. The first-order valence-electron chi connectivity index (χ1n) is 7.05. The average Bonchev–Trinajstić information content (AvgIpc) is 3.22. The van der Waals surface area contributed by atoms with E-state index in [0.29, 0.717) is 12.5 Å².